The quantitative estimate of drug-likeness (QED) is 0.734. The molecule has 1 spiro atoms. The number of carbonyl (C=O) groups excluding carboxylic acids is 2. The van der Waals surface area contributed by atoms with Gasteiger partial charge in [0.25, 0.3) is 0 Å². The molecule has 0 aliphatic carbocycles. The van der Waals surface area contributed by atoms with Crippen LogP contribution in [0.3, 0.4) is 0 Å². The minimum Gasteiger partial charge on any atom is -0.332 e. The Morgan fingerprint density at radius 2 is 1.86 bits per heavy atom. The summed E-state index contributed by atoms with van der Waals surface area (Å²) in [4.78, 5) is 26.4. The number of rotatable bonds is 1. The van der Waals surface area contributed by atoms with Crippen molar-refractivity contribution in [1.82, 2.24) is 0 Å². The molecule has 110 valence electrons. The van der Waals surface area contributed by atoms with Crippen LogP contribution in [0.1, 0.15) is 28.9 Å². The number of benzene rings is 2. The maximum Gasteiger partial charge on any atom is 0.244 e. The number of para-hydroxylation sites is 1. The Balaban J connectivity index is 1.81. The summed E-state index contributed by atoms with van der Waals surface area (Å²) >= 11 is 3.39. The van der Waals surface area contributed by atoms with Crippen LogP contribution in [0.5, 0.6) is 0 Å². The largest absolute Gasteiger partial charge is 0.332 e. The van der Waals surface area contributed by atoms with Gasteiger partial charge in [-0.05, 0) is 29.8 Å². The second-order valence-electron chi connectivity index (χ2n) is 5.45. The van der Waals surface area contributed by atoms with Crippen molar-refractivity contribution in [2.24, 2.45) is 0 Å². The van der Waals surface area contributed by atoms with Crippen molar-refractivity contribution in [1.29, 1.82) is 0 Å². The van der Waals surface area contributed by atoms with Gasteiger partial charge >= 0.3 is 0 Å². The first-order chi connectivity index (χ1) is 10.6. The maximum atomic E-state index is 12.8. The fourth-order valence-electron chi connectivity index (χ4n) is 3.16. The molecule has 0 radical (unpaired) electrons. The lowest BCUT2D eigenvalue weighted by molar-refractivity contribution is -0.117. The predicted molar refractivity (Wildman–Crippen MR) is 84.6 cm³/mol. The summed E-state index contributed by atoms with van der Waals surface area (Å²) in [6.45, 7) is 1.46. The van der Waals surface area contributed by atoms with Crippen LogP contribution in [0.25, 0.3) is 0 Å². The third-order valence-corrected chi connectivity index (χ3v) is 4.66. The molecule has 0 unspecified atom stereocenters. The van der Waals surface area contributed by atoms with E-state index in [2.05, 4.69) is 15.9 Å². The van der Waals surface area contributed by atoms with Crippen LogP contribution in [0, 0.1) is 0 Å². The first-order valence-electron chi connectivity index (χ1n) is 6.93. The van der Waals surface area contributed by atoms with E-state index in [1.54, 1.807) is 18.2 Å². The van der Waals surface area contributed by atoms with Gasteiger partial charge in [-0.25, -0.2) is 0 Å². The van der Waals surface area contributed by atoms with E-state index in [1.165, 1.54) is 11.8 Å². The molecule has 0 saturated carbocycles. The van der Waals surface area contributed by atoms with Gasteiger partial charge in [0.15, 0.2) is 0 Å². The number of ketones is 1. The lowest BCUT2D eigenvalue weighted by atomic mass is 10.0. The monoisotopic (exact) mass is 357 g/mol. The zero-order valence-corrected chi connectivity index (χ0v) is 13.3. The lowest BCUT2D eigenvalue weighted by Gasteiger charge is -2.20. The number of amides is 1. The van der Waals surface area contributed by atoms with E-state index in [4.69, 9.17) is 4.74 Å². The molecule has 2 aliphatic rings. The first-order valence-corrected chi connectivity index (χ1v) is 7.73. The second kappa shape index (κ2) is 4.51. The van der Waals surface area contributed by atoms with E-state index in [0.717, 1.165) is 10.0 Å². The molecule has 0 aromatic heterocycles. The summed E-state index contributed by atoms with van der Waals surface area (Å²) in [6, 6.07) is 14.7. The highest BCUT2D eigenvalue weighted by molar-refractivity contribution is 9.10. The van der Waals surface area contributed by atoms with Crippen LogP contribution in [0.15, 0.2) is 53.0 Å². The summed E-state index contributed by atoms with van der Waals surface area (Å²) in [5, 5.41) is 0. The summed E-state index contributed by atoms with van der Waals surface area (Å²) < 4.78 is 6.75. The van der Waals surface area contributed by atoms with Crippen molar-refractivity contribution >= 4 is 33.3 Å². The van der Waals surface area contributed by atoms with Crippen LogP contribution >= 0.6 is 15.9 Å². The Labute approximate surface area is 135 Å². The zero-order chi connectivity index (χ0) is 15.5. The molecule has 2 heterocycles. The van der Waals surface area contributed by atoms with Gasteiger partial charge in [0, 0.05) is 17.0 Å². The smallest absolute Gasteiger partial charge is 0.244 e. The van der Waals surface area contributed by atoms with Crippen LogP contribution in [0.2, 0.25) is 0 Å². The molecule has 1 amide bonds. The van der Waals surface area contributed by atoms with E-state index in [-0.39, 0.29) is 11.7 Å². The molecule has 2 aromatic rings. The van der Waals surface area contributed by atoms with Gasteiger partial charge in [0.05, 0.1) is 5.69 Å². The van der Waals surface area contributed by atoms with Gasteiger partial charge in [0.2, 0.25) is 17.4 Å². The Hall–Kier alpha value is -1.98. The lowest BCUT2D eigenvalue weighted by Crippen LogP contribution is -2.43. The Bertz CT molecular complexity index is 802. The molecular formula is C17H12BrNO3. The summed E-state index contributed by atoms with van der Waals surface area (Å²) in [5.41, 5.74) is 0.844. The van der Waals surface area contributed by atoms with Crippen molar-refractivity contribution in [3.63, 3.8) is 0 Å². The normalized spacial score (nSPS) is 25.5. The molecule has 1 saturated heterocycles. The van der Waals surface area contributed by atoms with Crippen LogP contribution in [-0.4, -0.2) is 17.4 Å². The highest BCUT2D eigenvalue weighted by atomic mass is 79.9. The third-order valence-electron chi connectivity index (χ3n) is 4.13. The van der Waals surface area contributed by atoms with Gasteiger partial charge in [-0.15, -0.1) is 0 Å². The second-order valence-corrected chi connectivity index (χ2v) is 6.36. The minimum absolute atomic E-state index is 0.147. The fourth-order valence-corrected chi connectivity index (χ4v) is 3.42. The van der Waals surface area contributed by atoms with Gasteiger partial charge in [-0.1, -0.05) is 40.2 Å². The van der Waals surface area contributed by atoms with E-state index in [0.29, 0.717) is 11.3 Å². The first kappa shape index (κ1) is 13.7. The summed E-state index contributed by atoms with van der Waals surface area (Å²) in [6.07, 6.45) is -0.426. The van der Waals surface area contributed by atoms with E-state index in [9.17, 15) is 9.59 Å². The molecule has 4 rings (SSSR count). The SMILES string of the molecule is CC(=O)N1c2ccccc2C(=O)[C@]12O[C@H]2c1ccc(Br)cc1. The molecule has 22 heavy (non-hydrogen) atoms. The van der Waals surface area contributed by atoms with Gasteiger partial charge in [-0.3, -0.25) is 14.5 Å². The fraction of sp³-hybridized carbons (Fsp3) is 0.176. The third kappa shape index (κ3) is 1.66. The number of nitrogens with zero attached hydrogens (tertiary/aromatic N) is 1. The van der Waals surface area contributed by atoms with Crippen molar-refractivity contribution in [3.05, 3.63) is 64.1 Å². The Kier molecular flexibility index (Phi) is 2.80. The summed E-state index contributed by atoms with van der Waals surface area (Å²) in [7, 11) is 0. The Morgan fingerprint density at radius 1 is 1.18 bits per heavy atom. The van der Waals surface area contributed by atoms with Gasteiger partial charge in [-0.2, -0.15) is 0 Å². The number of carbonyl (C=O) groups is 2. The highest BCUT2D eigenvalue weighted by Gasteiger charge is 2.72. The average molecular weight is 358 g/mol. The molecule has 2 atom stereocenters. The molecule has 4 nitrogen and oxygen atoms in total. The molecular weight excluding hydrogens is 346 g/mol. The number of fused-ring (bicyclic) bond motifs is 1. The molecule has 1 fully saturated rings. The van der Waals surface area contributed by atoms with Crippen molar-refractivity contribution in [2.75, 3.05) is 4.90 Å². The number of ether oxygens (including phenoxy) is 1. The van der Waals surface area contributed by atoms with E-state index < -0.39 is 11.8 Å². The van der Waals surface area contributed by atoms with Gasteiger partial charge < -0.3 is 4.74 Å². The topological polar surface area (TPSA) is 49.9 Å². The van der Waals surface area contributed by atoms with E-state index >= 15 is 0 Å². The Morgan fingerprint density at radius 3 is 2.55 bits per heavy atom. The van der Waals surface area contributed by atoms with Crippen LogP contribution in [0.4, 0.5) is 5.69 Å². The zero-order valence-electron chi connectivity index (χ0n) is 11.7. The number of hydrogen-bond donors (Lipinski definition) is 0. The maximum absolute atomic E-state index is 12.8. The number of hydrogen-bond acceptors (Lipinski definition) is 3. The van der Waals surface area contributed by atoms with Crippen LogP contribution in [-0.2, 0) is 9.53 Å². The standard InChI is InChI=1S/C17H12BrNO3/c1-10(20)19-14-5-3-2-4-13(14)15(21)17(19)16(22-17)11-6-8-12(18)9-7-11/h2-9,16H,1H3/t16-,17+/m0/s1. The van der Waals surface area contributed by atoms with Crippen molar-refractivity contribution in [3.8, 4) is 0 Å². The molecule has 0 bridgehead atoms. The molecule has 0 N–H and O–H groups in total. The molecule has 2 aromatic carbocycles. The minimum atomic E-state index is -1.21. The highest BCUT2D eigenvalue weighted by Crippen LogP contribution is 2.59. The number of Topliss-reactive ketones (excluding diaryl/α,β-unsaturated/α-hetero) is 1. The van der Waals surface area contributed by atoms with E-state index in [1.807, 2.05) is 30.3 Å². The summed E-state index contributed by atoms with van der Waals surface area (Å²) in [5.74, 6) is -0.343. The number of anilines is 1. The number of halogens is 1. The molecule has 5 heteroatoms. The van der Waals surface area contributed by atoms with Gasteiger partial charge in [0.1, 0.15) is 6.10 Å². The van der Waals surface area contributed by atoms with Crippen LogP contribution < -0.4 is 4.90 Å². The predicted octanol–water partition coefficient (Wildman–Crippen LogP) is 3.47. The van der Waals surface area contributed by atoms with Crippen molar-refractivity contribution < 1.29 is 14.3 Å². The molecule has 2 aliphatic heterocycles. The number of epoxide rings is 1. The van der Waals surface area contributed by atoms with Crippen molar-refractivity contribution in [2.45, 2.75) is 18.8 Å². The average Bonchev–Trinajstić information content (AvgIpc) is 3.17.